The van der Waals surface area contributed by atoms with E-state index in [1.807, 2.05) is 6.92 Å². The standard InChI is InChI=1S/C10H22N2O2/c1-4-5-11-10(14)12-9(7-13)6-8(2)3/h8-9,13H,4-7H2,1-3H3,(H2,11,12,14). The van der Waals surface area contributed by atoms with Crippen molar-refractivity contribution < 1.29 is 9.90 Å². The van der Waals surface area contributed by atoms with Crippen LogP contribution in [0, 0.1) is 5.92 Å². The number of rotatable bonds is 6. The highest BCUT2D eigenvalue weighted by atomic mass is 16.3. The summed E-state index contributed by atoms with van der Waals surface area (Å²) in [5.74, 6) is 0.471. The van der Waals surface area contributed by atoms with Crippen LogP contribution in [0.3, 0.4) is 0 Å². The quantitative estimate of drug-likeness (QED) is 0.604. The van der Waals surface area contributed by atoms with Crippen LogP contribution in [0.2, 0.25) is 0 Å². The number of urea groups is 1. The molecule has 3 N–H and O–H groups in total. The van der Waals surface area contributed by atoms with E-state index in [1.165, 1.54) is 0 Å². The second-order valence-electron chi connectivity index (χ2n) is 3.91. The third-order valence-electron chi connectivity index (χ3n) is 1.85. The molecule has 0 aromatic carbocycles. The molecule has 0 aromatic heterocycles. The van der Waals surface area contributed by atoms with Gasteiger partial charge in [-0.2, -0.15) is 0 Å². The first kappa shape index (κ1) is 13.2. The van der Waals surface area contributed by atoms with E-state index in [-0.39, 0.29) is 18.7 Å². The van der Waals surface area contributed by atoms with Crippen LogP contribution in [0.5, 0.6) is 0 Å². The fraction of sp³-hybridized carbons (Fsp3) is 0.900. The number of carbonyl (C=O) groups is 1. The Balaban J connectivity index is 3.74. The van der Waals surface area contributed by atoms with E-state index in [1.54, 1.807) is 0 Å². The van der Waals surface area contributed by atoms with Crippen molar-refractivity contribution in [1.82, 2.24) is 10.6 Å². The molecule has 0 saturated heterocycles. The molecule has 0 aliphatic heterocycles. The van der Waals surface area contributed by atoms with E-state index in [9.17, 15) is 4.79 Å². The van der Waals surface area contributed by atoms with Crippen LogP contribution in [-0.2, 0) is 0 Å². The molecule has 0 saturated carbocycles. The van der Waals surface area contributed by atoms with Crippen LogP contribution in [0.25, 0.3) is 0 Å². The molecule has 0 bridgehead atoms. The molecule has 1 atom stereocenters. The van der Waals surface area contributed by atoms with Crippen LogP contribution in [-0.4, -0.2) is 30.3 Å². The first-order valence-corrected chi connectivity index (χ1v) is 5.25. The average molecular weight is 202 g/mol. The van der Waals surface area contributed by atoms with Crippen LogP contribution < -0.4 is 10.6 Å². The summed E-state index contributed by atoms with van der Waals surface area (Å²) in [7, 11) is 0. The van der Waals surface area contributed by atoms with E-state index in [2.05, 4.69) is 24.5 Å². The van der Waals surface area contributed by atoms with Gasteiger partial charge in [0.15, 0.2) is 0 Å². The summed E-state index contributed by atoms with van der Waals surface area (Å²) >= 11 is 0. The summed E-state index contributed by atoms with van der Waals surface area (Å²) in [5, 5.41) is 14.4. The molecule has 0 spiro atoms. The fourth-order valence-electron chi connectivity index (χ4n) is 1.22. The van der Waals surface area contributed by atoms with E-state index in [4.69, 9.17) is 5.11 Å². The van der Waals surface area contributed by atoms with Crippen molar-refractivity contribution >= 4 is 6.03 Å². The van der Waals surface area contributed by atoms with Crippen molar-refractivity contribution in [2.24, 2.45) is 5.92 Å². The maximum atomic E-state index is 11.2. The predicted octanol–water partition coefficient (Wildman–Crippen LogP) is 1.10. The van der Waals surface area contributed by atoms with Gasteiger partial charge < -0.3 is 15.7 Å². The average Bonchev–Trinajstić information content (AvgIpc) is 2.12. The zero-order chi connectivity index (χ0) is 11.0. The van der Waals surface area contributed by atoms with Crippen molar-refractivity contribution in [3.8, 4) is 0 Å². The fourth-order valence-corrected chi connectivity index (χ4v) is 1.22. The molecule has 0 aliphatic rings. The molecule has 0 heterocycles. The normalized spacial score (nSPS) is 12.6. The van der Waals surface area contributed by atoms with Gasteiger partial charge in [-0.15, -0.1) is 0 Å². The number of nitrogens with one attached hydrogen (secondary N) is 2. The van der Waals surface area contributed by atoms with Gasteiger partial charge in [0.05, 0.1) is 12.6 Å². The predicted molar refractivity (Wildman–Crippen MR) is 57.2 cm³/mol. The second-order valence-corrected chi connectivity index (χ2v) is 3.91. The lowest BCUT2D eigenvalue weighted by molar-refractivity contribution is 0.207. The SMILES string of the molecule is CCCNC(=O)NC(CO)CC(C)C. The van der Waals surface area contributed by atoms with Crippen LogP contribution in [0.4, 0.5) is 4.79 Å². The molecule has 0 fully saturated rings. The largest absolute Gasteiger partial charge is 0.394 e. The minimum absolute atomic E-state index is 0.00226. The molecule has 1 unspecified atom stereocenters. The van der Waals surface area contributed by atoms with Gasteiger partial charge in [0.25, 0.3) is 0 Å². The molecule has 4 nitrogen and oxygen atoms in total. The van der Waals surface area contributed by atoms with E-state index >= 15 is 0 Å². The van der Waals surface area contributed by atoms with Crippen molar-refractivity contribution in [2.75, 3.05) is 13.2 Å². The van der Waals surface area contributed by atoms with Crippen molar-refractivity contribution in [3.05, 3.63) is 0 Å². The third-order valence-corrected chi connectivity index (χ3v) is 1.85. The smallest absolute Gasteiger partial charge is 0.315 e. The number of aliphatic hydroxyl groups is 1. The Bertz CT molecular complexity index is 160. The summed E-state index contributed by atoms with van der Waals surface area (Å²) in [4.78, 5) is 11.2. The van der Waals surface area contributed by atoms with Crippen LogP contribution in [0.15, 0.2) is 0 Å². The number of amides is 2. The van der Waals surface area contributed by atoms with Gasteiger partial charge in [0, 0.05) is 6.54 Å². The Hall–Kier alpha value is -0.770. The van der Waals surface area contributed by atoms with E-state index < -0.39 is 0 Å². The zero-order valence-corrected chi connectivity index (χ0v) is 9.34. The lowest BCUT2D eigenvalue weighted by atomic mass is 10.0. The van der Waals surface area contributed by atoms with E-state index in [0.29, 0.717) is 12.5 Å². The Morgan fingerprint density at radius 2 is 2.07 bits per heavy atom. The van der Waals surface area contributed by atoms with Gasteiger partial charge in [-0.1, -0.05) is 20.8 Å². The van der Waals surface area contributed by atoms with E-state index in [0.717, 1.165) is 12.8 Å². The molecule has 4 heteroatoms. The minimum atomic E-state index is -0.188. The lowest BCUT2D eigenvalue weighted by Gasteiger charge is -2.18. The molecule has 0 aromatic rings. The Labute approximate surface area is 86.1 Å². The summed E-state index contributed by atoms with van der Waals surface area (Å²) < 4.78 is 0. The van der Waals surface area contributed by atoms with Crippen molar-refractivity contribution in [1.29, 1.82) is 0 Å². The summed E-state index contributed by atoms with van der Waals surface area (Å²) in [6.45, 7) is 6.80. The third kappa shape index (κ3) is 6.71. The molecule has 0 rings (SSSR count). The van der Waals surface area contributed by atoms with Gasteiger partial charge in [-0.3, -0.25) is 0 Å². The highest BCUT2D eigenvalue weighted by Crippen LogP contribution is 2.03. The number of hydrogen-bond acceptors (Lipinski definition) is 2. The lowest BCUT2D eigenvalue weighted by Crippen LogP contribution is -2.44. The van der Waals surface area contributed by atoms with Gasteiger partial charge in [-0.25, -0.2) is 4.79 Å². The Morgan fingerprint density at radius 3 is 2.50 bits per heavy atom. The number of aliphatic hydroxyl groups excluding tert-OH is 1. The zero-order valence-electron chi connectivity index (χ0n) is 9.34. The Morgan fingerprint density at radius 1 is 1.43 bits per heavy atom. The molecule has 84 valence electrons. The van der Waals surface area contributed by atoms with Gasteiger partial charge >= 0.3 is 6.03 Å². The van der Waals surface area contributed by atoms with Crippen LogP contribution >= 0.6 is 0 Å². The first-order valence-electron chi connectivity index (χ1n) is 5.25. The van der Waals surface area contributed by atoms with Gasteiger partial charge in [0.1, 0.15) is 0 Å². The second kappa shape index (κ2) is 7.62. The molecule has 14 heavy (non-hydrogen) atoms. The molecular weight excluding hydrogens is 180 g/mol. The summed E-state index contributed by atoms with van der Waals surface area (Å²) in [5.41, 5.74) is 0. The van der Waals surface area contributed by atoms with Gasteiger partial charge in [-0.05, 0) is 18.8 Å². The highest BCUT2D eigenvalue weighted by molar-refractivity contribution is 5.74. The summed E-state index contributed by atoms with van der Waals surface area (Å²) in [6, 6.07) is -0.321. The van der Waals surface area contributed by atoms with Crippen molar-refractivity contribution in [3.63, 3.8) is 0 Å². The maximum absolute atomic E-state index is 11.2. The van der Waals surface area contributed by atoms with Crippen molar-refractivity contribution in [2.45, 2.75) is 39.7 Å². The Kier molecular flexibility index (Phi) is 7.20. The molecular formula is C10H22N2O2. The monoisotopic (exact) mass is 202 g/mol. The minimum Gasteiger partial charge on any atom is -0.394 e. The highest BCUT2D eigenvalue weighted by Gasteiger charge is 2.11. The topological polar surface area (TPSA) is 61.4 Å². The molecule has 0 radical (unpaired) electrons. The van der Waals surface area contributed by atoms with Crippen LogP contribution in [0.1, 0.15) is 33.6 Å². The molecule has 2 amide bonds. The maximum Gasteiger partial charge on any atom is 0.315 e. The first-order chi connectivity index (χ1) is 6.60. The summed E-state index contributed by atoms with van der Waals surface area (Å²) in [6.07, 6.45) is 1.72. The molecule has 0 aliphatic carbocycles. The number of hydrogen-bond donors (Lipinski definition) is 3. The number of carbonyl (C=O) groups excluding carboxylic acids is 1. The van der Waals surface area contributed by atoms with Gasteiger partial charge in [0.2, 0.25) is 0 Å².